The molecule has 0 aliphatic heterocycles. The molecule has 3 N–H and O–H groups in total. The molecule has 1 fully saturated rings. The van der Waals surface area contributed by atoms with Crippen LogP contribution in [0.5, 0.6) is 0 Å². The van der Waals surface area contributed by atoms with Gasteiger partial charge in [-0.2, -0.15) is 0 Å². The van der Waals surface area contributed by atoms with Crippen molar-refractivity contribution in [2.75, 3.05) is 11.9 Å². The summed E-state index contributed by atoms with van der Waals surface area (Å²) in [6.07, 6.45) is 5.91. The van der Waals surface area contributed by atoms with E-state index in [1.54, 1.807) is 5.38 Å². The highest BCUT2D eigenvalue weighted by Gasteiger charge is 2.19. The van der Waals surface area contributed by atoms with Crippen molar-refractivity contribution in [2.45, 2.75) is 51.7 Å². The lowest BCUT2D eigenvalue weighted by Crippen LogP contribution is -2.21. The molecule has 26 heavy (non-hydrogen) atoms. The minimum Gasteiger partial charge on any atom is -0.374 e. The second-order valence-electron chi connectivity index (χ2n) is 7.02. The molecule has 1 aliphatic rings. The number of ether oxygens (including phenoxy) is 1. The quantitative estimate of drug-likeness (QED) is 0.769. The number of aromatic nitrogens is 1. The molecule has 0 bridgehead atoms. The summed E-state index contributed by atoms with van der Waals surface area (Å²) >= 11 is 1.47. The number of amides is 1. The van der Waals surface area contributed by atoms with Gasteiger partial charge >= 0.3 is 0 Å². The zero-order chi connectivity index (χ0) is 18.4. The third kappa shape index (κ3) is 5.37. The van der Waals surface area contributed by atoms with E-state index in [2.05, 4.69) is 17.2 Å². The van der Waals surface area contributed by atoms with Gasteiger partial charge in [-0.25, -0.2) is 4.98 Å². The summed E-state index contributed by atoms with van der Waals surface area (Å²) < 4.78 is 6.08. The molecule has 0 spiro atoms. The van der Waals surface area contributed by atoms with E-state index in [0.717, 1.165) is 35.0 Å². The van der Waals surface area contributed by atoms with Gasteiger partial charge in [0.25, 0.3) is 5.91 Å². The van der Waals surface area contributed by atoms with Gasteiger partial charge in [0.05, 0.1) is 17.7 Å². The van der Waals surface area contributed by atoms with E-state index in [1.165, 1.54) is 24.2 Å². The monoisotopic (exact) mass is 373 g/mol. The van der Waals surface area contributed by atoms with Gasteiger partial charge < -0.3 is 15.8 Å². The zero-order valence-corrected chi connectivity index (χ0v) is 16.1. The molecule has 1 aromatic carbocycles. The maximum atomic E-state index is 12.4. The van der Waals surface area contributed by atoms with Crippen molar-refractivity contribution in [3.05, 3.63) is 45.9 Å². The number of hydrogen-bond donors (Lipinski definition) is 2. The summed E-state index contributed by atoms with van der Waals surface area (Å²) in [5.74, 6) is 0.561. The van der Waals surface area contributed by atoms with E-state index in [4.69, 9.17) is 10.5 Å². The molecule has 1 saturated carbocycles. The Bertz CT molecular complexity index is 731. The molecule has 6 heteroatoms. The largest absolute Gasteiger partial charge is 0.374 e. The van der Waals surface area contributed by atoms with Crippen molar-refractivity contribution in [3.63, 3.8) is 0 Å². The number of nitrogens with two attached hydrogens (primary N) is 1. The Morgan fingerprint density at radius 3 is 3.12 bits per heavy atom. The first-order valence-electron chi connectivity index (χ1n) is 9.30. The number of rotatable bonds is 7. The maximum absolute atomic E-state index is 12.4. The van der Waals surface area contributed by atoms with Gasteiger partial charge in [0.2, 0.25) is 0 Å². The van der Waals surface area contributed by atoms with Gasteiger partial charge in [0.15, 0.2) is 0 Å². The Kier molecular flexibility index (Phi) is 6.77. The first-order chi connectivity index (χ1) is 12.6. The second kappa shape index (κ2) is 9.26. The maximum Gasteiger partial charge on any atom is 0.275 e. The van der Waals surface area contributed by atoms with Crippen LogP contribution < -0.4 is 11.1 Å². The molecule has 5 nitrogen and oxygen atoms in total. The van der Waals surface area contributed by atoms with Gasteiger partial charge in [-0.05, 0) is 43.0 Å². The summed E-state index contributed by atoms with van der Waals surface area (Å²) in [5.41, 5.74) is 7.81. The number of hydrogen-bond acceptors (Lipinski definition) is 5. The number of nitrogens with one attached hydrogen (secondary N) is 1. The van der Waals surface area contributed by atoms with Gasteiger partial charge in [-0.15, -0.1) is 11.3 Å². The fraction of sp³-hybridized carbons (Fsp3) is 0.500. The van der Waals surface area contributed by atoms with Crippen molar-refractivity contribution in [3.8, 4) is 0 Å². The Morgan fingerprint density at radius 1 is 1.42 bits per heavy atom. The Hall–Kier alpha value is -1.76. The molecule has 2 atom stereocenters. The van der Waals surface area contributed by atoms with E-state index >= 15 is 0 Å². The predicted molar refractivity (Wildman–Crippen MR) is 105 cm³/mol. The van der Waals surface area contributed by atoms with E-state index in [1.807, 2.05) is 24.3 Å². The van der Waals surface area contributed by atoms with Crippen LogP contribution in [-0.2, 0) is 17.8 Å². The van der Waals surface area contributed by atoms with Crippen LogP contribution in [0.25, 0.3) is 0 Å². The number of carbonyl (C=O) groups is 1. The molecule has 2 aromatic rings. The highest BCUT2D eigenvalue weighted by molar-refractivity contribution is 7.09. The number of carbonyl (C=O) groups excluding carboxylic acids is 1. The van der Waals surface area contributed by atoms with E-state index in [-0.39, 0.29) is 5.91 Å². The van der Waals surface area contributed by atoms with Gasteiger partial charge in [0, 0.05) is 17.5 Å². The third-order valence-electron chi connectivity index (χ3n) is 4.70. The van der Waals surface area contributed by atoms with E-state index in [0.29, 0.717) is 31.4 Å². The standard InChI is InChI=1S/C20H27N3O2S/c1-14-4-2-7-17(10-14)25-12-15-5-3-6-16(11-15)22-20(24)18-13-26-19(23-18)8-9-21/h3,5-6,11,13-14,17H,2,4,7-10,12,21H2,1H3,(H,22,24). The van der Waals surface area contributed by atoms with Crippen LogP contribution in [0, 0.1) is 5.92 Å². The molecular formula is C20H27N3O2S. The molecule has 1 aromatic heterocycles. The van der Waals surface area contributed by atoms with Crippen molar-refractivity contribution < 1.29 is 9.53 Å². The molecule has 1 heterocycles. The second-order valence-corrected chi connectivity index (χ2v) is 7.97. The molecule has 0 radical (unpaired) electrons. The zero-order valence-electron chi connectivity index (χ0n) is 15.2. The lowest BCUT2D eigenvalue weighted by Gasteiger charge is -2.26. The van der Waals surface area contributed by atoms with E-state index in [9.17, 15) is 4.79 Å². The third-order valence-corrected chi connectivity index (χ3v) is 5.61. The summed E-state index contributed by atoms with van der Waals surface area (Å²) in [4.78, 5) is 16.7. The Labute approximate surface area is 159 Å². The molecular weight excluding hydrogens is 346 g/mol. The predicted octanol–water partition coefficient (Wildman–Crippen LogP) is 3.99. The van der Waals surface area contributed by atoms with Crippen LogP contribution in [-0.4, -0.2) is 23.5 Å². The van der Waals surface area contributed by atoms with Crippen LogP contribution in [0.3, 0.4) is 0 Å². The van der Waals surface area contributed by atoms with Crippen molar-refractivity contribution in [1.29, 1.82) is 0 Å². The van der Waals surface area contributed by atoms with Crippen LogP contribution in [0.4, 0.5) is 5.69 Å². The normalized spacial score (nSPS) is 20.1. The van der Waals surface area contributed by atoms with Gasteiger partial charge in [-0.1, -0.05) is 31.9 Å². The smallest absolute Gasteiger partial charge is 0.275 e. The lowest BCUT2D eigenvalue weighted by atomic mass is 9.89. The number of thiazole rings is 1. The molecule has 3 rings (SSSR count). The Balaban J connectivity index is 1.55. The minimum absolute atomic E-state index is 0.191. The highest BCUT2D eigenvalue weighted by atomic mass is 32.1. The van der Waals surface area contributed by atoms with Crippen LogP contribution >= 0.6 is 11.3 Å². The number of benzene rings is 1. The average molecular weight is 374 g/mol. The average Bonchev–Trinajstić information content (AvgIpc) is 3.10. The molecule has 0 saturated heterocycles. The van der Waals surface area contributed by atoms with Crippen LogP contribution in [0.2, 0.25) is 0 Å². The summed E-state index contributed by atoms with van der Waals surface area (Å²) in [7, 11) is 0. The number of anilines is 1. The van der Waals surface area contributed by atoms with Crippen molar-refractivity contribution in [2.24, 2.45) is 11.7 Å². The molecule has 1 aliphatic carbocycles. The van der Waals surface area contributed by atoms with Gasteiger partial charge in [-0.3, -0.25) is 4.79 Å². The summed E-state index contributed by atoms with van der Waals surface area (Å²) in [5, 5.41) is 5.58. The van der Waals surface area contributed by atoms with Crippen LogP contribution in [0.15, 0.2) is 29.6 Å². The molecule has 2 unspecified atom stereocenters. The summed E-state index contributed by atoms with van der Waals surface area (Å²) in [6, 6.07) is 7.83. The number of nitrogens with zero attached hydrogens (tertiary/aromatic N) is 1. The fourth-order valence-corrected chi connectivity index (χ4v) is 4.13. The SMILES string of the molecule is CC1CCCC(OCc2cccc(NC(=O)c3csc(CCN)n3)c2)C1. The fourth-order valence-electron chi connectivity index (χ4n) is 3.33. The summed E-state index contributed by atoms with van der Waals surface area (Å²) in [6.45, 7) is 3.41. The van der Waals surface area contributed by atoms with Crippen LogP contribution in [0.1, 0.15) is 53.7 Å². The van der Waals surface area contributed by atoms with Gasteiger partial charge in [0.1, 0.15) is 5.69 Å². The lowest BCUT2D eigenvalue weighted by molar-refractivity contribution is 0.00468. The molecule has 1 amide bonds. The minimum atomic E-state index is -0.191. The van der Waals surface area contributed by atoms with Crippen molar-refractivity contribution in [1.82, 2.24) is 4.98 Å². The Morgan fingerprint density at radius 2 is 2.31 bits per heavy atom. The first kappa shape index (κ1) is 19.0. The first-order valence-corrected chi connectivity index (χ1v) is 10.2. The van der Waals surface area contributed by atoms with Crippen molar-refractivity contribution >= 4 is 22.9 Å². The topological polar surface area (TPSA) is 77.2 Å². The highest BCUT2D eigenvalue weighted by Crippen LogP contribution is 2.26. The van der Waals surface area contributed by atoms with E-state index < -0.39 is 0 Å². The molecule has 140 valence electrons.